The standard InChI is InChI=1S/C15H31N3O2/c1-6-16-15(5,14(19)20)10-12(3)18-9-8-17(7-2)13(4)11-18/h12-13,16H,6-11H2,1-5H3,(H,19,20). The number of rotatable bonds is 7. The minimum Gasteiger partial charge on any atom is -0.480 e. The van der Waals surface area contributed by atoms with Crippen LogP contribution in [0.5, 0.6) is 0 Å². The molecule has 3 unspecified atom stereocenters. The first-order chi connectivity index (χ1) is 9.34. The molecule has 0 aromatic rings. The fourth-order valence-electron chi connectivity index (χ4n) is 3.24. The maximum absolute atomic E-state index is 11.5. The average molecular weight is 285 g/mol. The van der Waals surface area contributed by atoms with Crippen LogP contribution in [0.25, 0.3) is 0 Å². The Hall–Kier alpha value is -0.650. The summed E-state index contributed by atoms with van der Waals surface area (Å²) in [5.74, 6) is -0.758. The van der Waals surface area contributed by atoms with E-state index in [4.69, 9.17) is 0 Å². The van der Waals surface area contributed by atoms with Crippen LogP contribution in [0.4, 0.5) is 0 Å². The van der Waals surface area contributed by atoms with Crippen molar-refractivity contribution in [3.8, 4) is 0 Å². The van der Waals surface area contributed by atoms with Gasteiger partial charge in [0.15, 0.2) is 0 Å². The zero-order chi connectivity index (χ0) is 15.3. The Labute approximate surface area is 123 Å². The minimum absolute atomic E-state index is 0.275. The van der Waals surface area contributed by atoms with Gasteiger partial charge >= 0.3 is 5.97 Å². The van der Waals surface area contributed by atoms with E-state index < -0.39 is 11.5 Å². The van der Waals surface area contributed by atoms with Crippen molar-refractivity contribution in [3.63, 3.8) is 0 Å². The Balaban J connectivity index is 2.62. The summed E-state index contributed by atoms with van der Waals surface area (Å²) in [6.45, 7) is 15.2. The Morgan fingerprint density at radius 3 is 2.55 bits per heavy atom. The molecule has 0 aromatic carbocycles. The summed E-state index contributed by atoms with van der Waals surface area (Å²) in [5, 5.41) is 12.6. The van der Waals surface area contributed by atoms with Crippen LogP contribution in [0.15, 0.2) is 0 Å². The van der Waals surface area contributed by atoms with Crippen molar-refractivity contribution in [2.75, 3.05) is 32.7 Å². The smallest absolute Gasteiger partial charge is 0.323 e. The molecular formula is C15H31N3O2. The highest BCUT2D eigenvalue weighted by Gasteiger charge is 2.36. The predicted molar refractivity (Wildman–Crippen MR) is 82.1 cm³/mol. The van der Waals surface area contributed by atoms with Crippen molar-refractivity contribution in [1.82, 2.24) is 15.1 Å². The number of carbonyl (C=O) groups is 1. The van der Waals surface area contributed by atoms with Crippen molar-refractivity contribution in [3.05, 3.63) is 0 Å². The van der Waals surface area contributed by atoms with Gasteiger partial charge in [-0.05, 0) is 40.3 Å². The van der Waals surface area contributed by atoms with Crippen LogP contribution in [-0.4, -0.2) is 71.2 Å². The maximum Gasteiger partial charge on any atom is 0.323 e. The molecule has 3 atom stereocenters. The molecule has 0 radical (unpaired) electrons. The zero-order valence-corrected chi connectivity index (χ0v) is 13.6. The van der Waals surface area contributed by atoms with Crippen LogP contribution in [0, 0.1) is 0 Å². The molecule has 0 amide bonds. The van der Waals surface area contributed by atoms with Gasteiger partial charge in [-0.25, -0.2) is 0 Å². The Bertz CT molecular complexity index is 324. The van der Waals surface area contributed by atoms with Gasteiger partial charge in [0.05, 0.1) is 0 Å². The van der Waals surface area contributed by atoms with Crippen molar-refractivity contribution in [2.45, 2.75) is 58.7 Å². The molecule has 0 bridgehead atoms. The summed E-state index contributed by atoms with van der Waals surface area (Å²) in [6, 6.07) is 0.822. The number of carboxylic acid groups (broad SMARTS) is 1. The molecule has 5 nitrogen and oxygen atoms in total. The van der Waals surface area contributed by atoms with E-state index in [0.29, 0.717) is 19.0 Å². The highest BCUT2D eigenvalue weighted by Crippen LogP contribution is 2.20. The zero-order valence-electron chi connectivity index (χ0n) is 13.6. The number of nitrogens with one attached hydrogen (secondary N) is 1. The third-order valence-corrected chi connectivity index (χ3v) is 4.57. The summed E-state index contributed by atoms with van der Waals surface area (Å²) in [4.78, 5) is 16.4. The second-order valence-corrected chi connectivity index (χ2v) is 6.19. The highest BCUT2D eigenvalue weighted by atomic mass is 16.4. The van der Waals surface area contributed by atoms with Crippen molar-refractivity contribution < 1.29 is 9.90 Å². The number of piperazine rings is 1. The first-order valence-corrected chi connectivity index (χ1v) is 7.80. The summed E-state index contributed by atoms with van der Waals surface area (Å²) >= 11 is 0. The molecule has 1 aliphatic heterocycles. The van der Waals surface area contributed by atoms with Gasteiger partial charge in [0, 0.05) is 31.7 Å². The van der Waals surface area contributed by atoms with Crippen LogP contribution in [0.3, 0.4) is 0 Å². The molecule has 1 saturated heterocycles. The molecule has 1 rings (SSSR count). The SMILES string of the molecule is CCNC(C)(CC(C)N1CCN(CC)C(C)C1)C(=O)O. The van der Waals surface area contributed by atoms with E-state index in [1.54, 1.807) is 6.92 Å². The van der Waals surface area contributed by atoms with Crippen molar-refractivity contribution >= 4 is 5.97 Å². The lowest BCUT2D eigenvalue weighted by Crippen LogP contribution is -2.58. The Morgan fingerprint density at radius 2 is 2.10 bits per heavy atom. The minimum atomic E-state index is -0.834. The Kier molecular flexibility index (Phi) is 6.43. The van der Waals surface area contributed by atoms with E-state index in [1.807, 2.05) is 6.92 Å². The van der Waals surface area contributed by atoms with Crippen LogP contribution in [-0.2, 0) is 4.79 Å². The van der Waals surface area contributed by atoms with Gasteiger partial charge in [-0.3, -0.25) is 14.6 Å². The highest BCUT2D eigenvalue weighted by molar-refractivity contribution is 5.78. The number of nitrogens with zero attached hydrogens (tertiary/aromatic N) is 2. The van der Waals surface area contributed by atoms with Gasteiger partial charge in [0.1, 0.15) is 5.54 Å². The van der Waals surface area contributed by atoms with Crippen LogP contribution in [0.2, 0.25) is 0 Å². The quantitative estimate of drug-likeness (QED) is 0.737. The number of carboxylic acids is 1. The average Bonchev–Trinajstić information content (AvgIpc) is 2.38. The van der Waals surface area contributed by atoms with Gasteiger partial charge in [0.2, 0.25) is 0 Å². The summed E-state index contributed by atoms with van der Waals surface area (Å²) in [6.07, 6.45) is 0.634. The van der Waals surface area contributed by atoms with E-state index in [0.717, 1.165) is 26.2 Å². The molecule has 1 heterocycles. The normalized spacial score (nSPS) is 26.1. The van der Waals surface area contributed by atoms with E-state index >= 15 is 0 Å². The molecule has 0 spiro atoms. The van der Waals surface area contributed by atoms with Gasteiger partial charge in [0.25, 0.3) is 0 Å². The van der Waals surface area contributed by atoms with Crippen molar-refractivity contribution in [1.29, 1.82) is 0 Å². The molecule has 0 aliphatic carbocycles. The number of likely N-dealkylation sites (N-methyl/N-ethyl adjacent to an activating group) is 2. The lowest BCUT2D eigenvalue weighted by Gasteiger charge is -2.43. The molecule has 0 saturated carbocycles. The van der Waals surface area contributed by atoms with Gasteiger partial charge in [-0.1, -0.05) is 13.8 Å². The largest absolute Gasteiger partial charge is 0.480 e. The summed E-state index contributed by atoms with van der Waals surface area (Å²) in [7, 11) is 0. The van der Waals surface area contributed by atoms with Gasteiger partial charge in [-0.2, -0.15) is 0 Å². The molecule has 0 aromatic heterocycles. The molecule has 1 aliphatic rings. The first-order valence-electron chi connectivity index (χ1n) is 7.80. The van der Waals surface area contributed by atoms with E-state index in [1.165, 1.54) is 0 Å². The monoisotopic (exact) mass is 285 g/mol. The molecule has 1 fully saturated rings. The van der Waals surface area contributed by atoms with Gasteiger partial charge < -0.3 is 10.4 Å². The first kappa shape index (κ1) is 17.4. The predicted octanol–water partition coefficient (Wildman–Crippen LogP) is 1.24. The van der Waals surface area contributed by atoms with E-state index in [-0.39, 0.29) is 6.04 Å². The van der Waals surface area contributed by atoms with Gasteiger partial charge in [-0.15, -0.1) is 0 Å². The second-order valence-electron chi connectivity index (χ2n) is 6.19. The lowest BCUT2D eigenvalue weighted by molar-refractivity contribution is -0.145. The summed E-state index contributed by atoms with van der Waals surface area (Å²) in [5.41, 5.74) is -0.834. The number of aliphatic carboxylic acids is 1. The summed E-state index contributed by atoms with van der Waals surface area (Å²) < 4.78 is 0. The third-order valence-electron chi connectivity index (χ3n) is 4.57. The maximum atomic E-state index is 11.5. The fourth-order valence-corrected chi connectivity index (χ4v) is 3.24. The Morgan fingerprint density at radius 1 is 1.45 bits per heavy atom. The third kappa shape index (κ3) is 4.17. The molecule has 2 N–H and O–H groups in total. The molecule has 5 heteroatoms. The van der Waals surface area contributed by atoms with Crippen LogP contribution < -0.4 is 5.32 Å². The number of hydrogen-bond acceptors (Lipinski definition) is 4. The molecular weight excluding hydrogens is 254 g/mol. The topological polar surface area (TPSA) is 55.8 Å². The van der Waals surface area contributed by atoms with Crippen LogP contribution in [0.1, 0.15) is 41.0 Å². The van der Waals surface area contributed by atoms with E-state index in [2.05, 4.69) is 35.9 Å². The lowest BCUT2D eigenvalue weighted by atomic mass is 9.92. The fraction of sp³-hybridized carbons (Fsp3) is 0.933. The molecule has 20 heavy (non-hydrogen) atoms. The van der Waals surface area contributed by atoms with Crippen LogP contribution >= 0.6 is 0 Å². The number of hydrogen-bond donors (Lipinski definition) is 2. The molecule has 118 valence electrons. The second kappa shape index (κ2) is 7.38. The van der Waals surface area contributed by atoms with E-state index in [9.17, 15) is 9.90 Å². The van der Waals surface area contributed by atoms with Crippen molar-refractivity contribution in [2.24, 2.45) is 0 Å².